The van der Waals surface area contributed by atoms with Crippen molar-refractivity contribution in [2.75, 3.05) is 5.32 Å². The van der Waals surface area contributed by atoms with Crippen LogP contribution in [0.15, 0.2) is 76.1 Å². The van der Waals surface area contributed by atoms with Crippen LogP contribution in [-0.2, 0) is 7.05 Å². The first-order valence-corrected chi connectivity index (χ1v) is 9.75. The second kappa shape index (κ2) is 8.38. The van der Waals surface area contributed by atoms with Gasteiger partial charge < -0.3 is 19.4 Å². The summed E-state index contributed by atoms with van der Waals surface area (Å²) in [6, 6.07) is 15.2. The summed E-state index contributed by atoms with van der Waals surface area (Å²) < 4.78 is 6.78. The molecule has 0 spiro atoms. The predicted octanol–water partition coefficient (Wildman–Crippen LogP) is 4.17. The number of nitro groups is 1. The summed E-state index contributed by atoms with van der Waals surface area (Å²) in [6.45, 7) is 0. The lowest BCUT2D eigenvalue weighted by Gasteiger charge is -2.18. The Labute approximate surface area is 181 Å². The smallest absolute Gasteiger partial charge is 0.269 e. The average molecular weight is 433 g/mol. The highest BCUT2D eigenvalue weighted by atomic mass is 16.6. The van der Waals surface area contributed by atoms with Gasteiger partial charge in [0.25, 0.3) is 11.2 Å². The van der Waals surface area contributed by atoms with Gasteiger partial charge in [-0.1, -0.05) is 12.1 Å². The van der Waals surface area contributed by atoms with E-state index < -0.39 is 22.3 Å². The molecule has 9 heteroatoms. The van der Waals surface area contributed by atoms with Crippen LogP contribution in [0.4, 0.5) is 11.4 Å². The lowest BCUT2D eigenvalue weighted by molar-refractivity contribution is -0.384. The molecule has 4 aromatic rings. The lowest BCUT2D eigenvalue weighted by Crippen LogP contribution is -2.26. The topological polar surface area (TPSA) is 128 Å². The van der Waals surface area contributed by atoms with Gasteiger partial charge in [0.05, 0.1) is 22.7 Å². The number of nitro benzene ring substituents is 1. The average Bonchev–Trinajstić information content (AvgIpc) is 3.32. The van der Waals surface area contributed by atoms with Crippen LogP contribution in [0.5, 0.6) is 5.75 Å². The van der Waals surface area contributed by atoms with E-state index in [1.54, 1.807) is 43.4 Å². The summed E-state index contributed by atoms with van der Waals surface area (Å²) in [5.41, 5.74) is 0.0809. The van der Waals surface area contributed by atoms with Gasteiger partial charge in [-0.3, -0.25) is 19.7 Å². The molecule has 0 bridgehead atoms. The first-order chi connectivity index (χ1) is 15.4. The van der Waals surface area contributed by atoms with Gasteiger partial charge in [0.2, 0.25) is 0 Å². The van der Waals surface area contributed by atoms with Crippen molar-refractivity contribution in [2.24, 2.45) is 7.05 Å². The van der Waals surface area contributed by atoms with Crippen LogP contribution in [-0.4, -0.2) is 20.4 Å². The van der Waals surface area contributed by atoms with Crippen molar-refractivity contribution in [3.05, 3.63) is 98.7 Å². The molecule has 0 aliphatic heterocycles. The van der Waals surface area contributed by atoms with E-state index in [0.717, 1.165) is 0 Å². The number of furan rings is 1. The van der Waals surface area contributed by atoms with Crippen LogP contribution >= 0.6 is 0 Å². The van der Waals surface area contributed by atoms with Crippen molar-refractivity contribution in [3.63, 3.8) is 0 Å². The fourth-order valence-electron chi connectivity index (χ4n) is 3.61. The number of hydrogen-bond acceptors (Lipinski definition) is 7. The Hall–Kier alpha value is -4.40. The summed E-state index contributed by atoms with van der Waals surface area (Å²) in [7, 11) is 1.54. The molecule has 2 aromatic heterocycles. The molecule has 2 aromatic carbocycles. The number of pyridine rings is 1. The number of non-ortho nitro benzene ring substituents is 1. The highest BCUT2D eigenvalue weighted by molar-refractivity contribution is 6.03. The van der Waals surface area contributed by atoms with Crippen LogP contribution in [0.25, 0.3) is 10.9 Å². The van der Waals surface area contributed by atoms with Crippen molar-refractivity contribution in [2.45, 2.75) is 12.5 Å². The van der Waals surface area contributed by atoms with E-state index >= 15 is 0 Å². The number of Topliss-reactive ketones (excluding diaryl/α,β-unsaturated/α-hetero) is 1. The molecule has 0 saturated heterocycles. The van der Waals surface area contributed by atoms with E-state index in [1.807, 2.05) is 0 Å². The van der Waals surface area contributed by atoms with E-state index in [4.69, 9.17) is 4.42 Å². The van der Waals surface area contributed by atoms with E-state index in [1.165, 1.54) is 35.1 Å². The van der Waals surface area contributed by atoms with Gasteiger partial charge in [-0.05, 0) is 36.4 Å². The quantitative estimate of drug-likeness (QED) is 0.254. The number of para-hydroxylation sites is 1. The number of benzene rings is 2. The van der Waals surface area contributed by atoms with E-state index in [2.05, 4.69) is 5.32 Å². The van der Waals surface area contributed by atoms with Gasteiger partial charge in [0.1, 0.15) is 17.1 Å². The number of carbonyl (C=O) groups is 1. The first-order valence-electron chi connectivity index (χ1n) is 9.75. The Balaban J connectivity index is 1.68. The second-order valence-electron chi connectivity index (χ2n) is 7.25. The molecule has 2 heterocycles. The second-order valence-corrected chi connectivity index (χ2v) is 7.25. The van der Waals surface area contributed by atoms with Crippen LogP contribution in [0.3, 0.4) is 0 Å². The third-order valence-corrected chi connectivity index (χ3v) is 5.25. The Morgan fingerprint density at radius 2 is 1.88 bits per heavy atom. The van der Waals surface area contributed by atoms with Crippen LogP contribution in [0.2, 0.25) is 0 Å². The number of ketones is 1. The van der Waals surface area contributed by atoms with E-state index in [9.17, 15) is 24.8 Å². The number of anilines is 1. The Bertz CT molecular complexity index is 1360. The minimum atomic E-state index is -0.672. The number of fused-ring (bicyclic) bond motifs is 1. The molecule has 0 fully saturated rings. The molecule has 32 heavy (non-hydrogen) atoms. The highest BCUT2D eigenvalue weighted by Gasteiger charge is 2.26. The number of carbonyl (C=O) groups excluding carboxylic acids is 1. The molecule has 9 nitrogen and oxygen atoms in total. The van der Waals surface area contributed by atoms with Crippen molar-refractivity contribution in [1.29, 1.82) is 0 Å². The van der Waals surface area contributed by atoms with Crippen molar-refractivity contribution in [3.8, 4) is 5.75 Å². The largest absolute Gasteiger partial charge is 0.506 e. The Kier molecular flexibility index (Phi) is 5.46. The minimum absolute atomic E-state index is 0.0641. The normalized spacial score (nSPS) is 11.9. The first kappa shape index (κ1) is 20.9. The number of nitrogens with one attached hydrogen (secondary N) is 1. The van der Waals surface area contributed by atoms with Gasteiger partial charge in [0.15, 0.2) is 5.78 Å². The molecule has 1 atom stereocenters. The number of rotatable bonds is 7. The van der Waals surface area contributed by atoms with Crippen LogP contribution in [0.1, 0.15) is 28.6 Å². The lowest BCUT2D eigenvalue weighted by atomic mass is 10.00. The molecule has 0 aliphatic rings. The monoisotopic (exact) mass is 433 g/mol. The summed E-state index contributed by atoms with van der Waals surface area (Å²) >= 11 is 0. The predicted molar refractivity (Wildman–Crippen MR) is 118 cm³/mol. The van der Waals surface area contributed by atoms with Gasteiger partial charge in [-0.15, -0.1) is 0 Å². The molecule has 0 saturated carbocycles. The summed E-state index contributed by atoms with van der Waals surface area (Å²) in [4.78, 5) is 36.4. The number of aryl methyl sites for hydroxylation is 1. The molecule has 0 unspecified atom stereocenters. The standard InChI is InChI=1S/C23H19N3O6/c1-25-18-6-3-2-5-16(18)22(28)21(23(25)29)19(27)13-17(20-7-4-12-32-20)24-14-8-10-15(11-9-14)26(30)31/h2-12,17,24,28H,13H2,1H3/t17-/m0/s1. The van der Waals surface area contributed by atoms with Crippen LogP contribution < -0.4 is 10.9 Å². The maximum atomic E-state index is 13.2. The maximum Gasteiger partial charge on any atom is 0.269 e. The molecule has 0 radical (unpaired) electrons. The highest BCUT2D eigenvalue weighted by Crippen LogP contribution is 2.30. The van der Waals surface area contributed by atoms with Crippen LogP contribution in [0, 0.1) is 10.1 Å². The molecular formula is C23H19N3O6. The summed E-state index contributed by atoms with van der Waals surface area (Å²) in [5.74, 6) is -0.485. The zero-order valence-corrected chi connectivity index (χ0v) is 17.0. The fraction of sp³-hybridized carbons (Fsp3) is 0.130. The molecular weight excluding hydrogens is 414 g/mol. The van der Waals surface area contributed by atoms with Crippen molar-refractivity contribution >= 4 is 28.1 Å². The molecule has 0 aliphatic carbocycles. The zero-order chi connectivity index (χ0) is 22.8. The van der Waals surface area contributed by atoms with Crippen molar-refractivity contribution < 1.29 is 19.2 Å². The van der Waals surface area contributed by atoms with E-state index in [-0.39, 0.29) is 23.4 Å². The SMILES string of the molecule is Cn1c(=O)c(C(=O)C[C@H](Nc2ccc([N+](=O)[O-])cc2)c2ccco2)c(O)c2ccccc21. The number of aromatic nitrogens is 1. The Morgan fingerprint density at radius 3 is 2.53 bits per heavy atom. The number of nitrogens with zero attached hydrogens (tertiary/aromatic N) is 2. The Morgan fingerprint density at radius 1 is 1.16 bits per heavy atom. The van der Waals surface area contributed by atoms with Gasteiger partial charge in [-0.2, -0.15) is 0 Å². The van der Waals surface area contributed by atoms with Gasteiger partial charge in [-0.25, -0.2) is 0 Å². The maximum absolute atomic E-state index is 13.2. The molecule has 0 amide bonds. The van der Waals surface area contributed by atoms with Gasteiger partial charge >= 0.3 is 0 Å². The molecule has 4 rings (SSSR count). The number of aromatic hydroxyl groups is 1. The summed E-state index contributed by atoms with van der Waals surface area (Å²) in [5, 5.41) is 25.1. The third-order valence-electron chi connectivity index (χ3n) is 5.25. The molecule has 162 valence electrons. The minimum Gasteiger partial charge on any atom is -0.506 e. The van der Waals surface area contributed by atoms with Crippen molar-refractivity contribution in [1.82, 2.24) is 4.57 Å². The van der Waals surface area contributed by atoms with Gasteiger partial charge in [0, 0.05) is 36.7 Å². The third kappa shape index (κ3) is 3.83. The molecule has 2 N–H and O–H groups in total. The zero-order valence-electron chi connectivity index (χ0n) is 17.0. The van der Waals surface area contributed by atoms with E-state index in [0.29, 0.717) is 22.4 Å². The fourth-order valence-corrected chi connectivity index (χ4v) is 3.61. The summed E-state index contributed by atoms with van der Waals surface area (Å²) in [6.07, 6.45) is 1.27. The number of hydrogen-bond donors (Lipinski definition) is 2.